The fourth-order valence-electron chi connectivity index (χ4n) is 2.33. The predicted octanol–water partition coefficient (Wildman–Crippen LogP) is 0.458. The van der Waals surface area contributed by atoms with E-state index in [1.165, 1.54) is 0 Å². The summed E-state index contributed by atoms with van der Waals surface area (Å²) in [7, 11) is 3.80. The number of nitrogens with zero attached hydrogens (tertiary/aromatic N) is 5. The van der Waals surface area contributed by atoms with Gasteiger partial charge in [0.2, 0.25) is 17.8 Å². The molecule has 18 heavy (non-hydrogen) atoms. The summed E-state index contributed by atoms with van der Waals surface area (Å²) >= 11 is 0. The molecule has 0 aliphatic carbocycles. The topological polar surface area (TPSA) is 83.2 Å². The van der Waals surface area contributed by atoms with Gasteiger partial charge in [-0.3, -0.25) is 5.43 Å². The molecule has 2 unspecified atom stereocenters. The van der Waals surface area contributed by atoms with Crippen LogP contribution in [0.4, 0.5) is 17.8 Å². The minimum Gasteiger partial charge on any atom is -0.347 e. The molecular weight excluding hydrogens is 230 g/mol. The second-order valence-corrected chi connectivity index (χ2v) is 5.14. The van der Waals surface area contributed by atoms with Crippen molar-refractivity contribution in [1.82, 2.24) is 15.0 Å². The Kier molecular flexibility index (Phi) is 3.51. The van der Waals surface area contributed by atoms with Gasteiger partial charge >= 0.3 is 0 Å². The van der Waals surface area contributed by atoms with Crippen molar-refractivity contribution in [3.8, 4) is 0 Å². The zero-order chi connectivity index (χ0) is 13.3. The highest BCUT2D eigenvalue weighted by atomic mass is 15.4. The van der Waals surface area contributed by atoms with E-state index in [-0.39, 0.29) is 0 Å². The SMILES string of the molecule is CC1CC(C)N(c2nc(NN)nc(N(C)C)n2)C1. The maximum Gasteiger partial charge on any atom is 0.243 e. The molecule has 0 saturated carbocycles. The molecule has 1 aliphatic heterocycles. The summed E-state index contributed by atoms with van der Waals surface area (Å²) in [4.78, 5) is 17.1. The number of rotatable bonds is 3. The highest BCUT2D eigenvalue weighted by Crippen LogP contribution is 2.27. The third kappa shape index (κ3) is 2.45. The van der Waals surface area contributed by atoms with E-state index >= 15 is 0 Å². The molecule has 0 amide bonds. The lowest BCUT2D eigenvalue weighted by molar-refractivity contribution is 0.624. The van der Waals surface area contributed by atoms with Crippen molar-refractivity contribution in [1.29, 1.82) is 0 Å². The van der Waals surface area contributed by atoms with E-state index in [2.05, 4.69) is 39.1 Å². The molecule has 3 N–H and O–H groups in total. The van der Waals surface area contributed by atoms with E-state index in [0.717, 1.165) is 13.0 Å². The van der Waals surface area contributed by atoms with Gasteiger partial charge in [0.15, 0.2) is 0 Å². The van der Waals surface area contributed by atoms with Gasteiger partial charge in [-0.05, 0) is 19.3 Å². The summed E-state index contributed by atoms with van der Waals surface area (Å²) < 4.78 is 0. The Morgan fingerprint density at radius 1 is 1.28 bits per heavy atom. The van der Waals surface area contributed by atoms with Crippen molar-refractivity contribution in [3.05, 3.63) is 0 Å². The van der Waals surface area contributed by atoms with Crippen molar-refractivity contribution in [2.24, 2.45) is 11.8 Å². The van der Waals surface area contributed by atoms with Crippen LogP contribution in [0.15, 0.2) is 0 Å². The third-order valence-corrected chi connectivity index (χ3v) is 3.18. The highest BCUT2D eigenvalue weighted by Gasteiger charge is 2.28. The average Bonchev–Trinajstić information content (AvgIpc) is 2.67. The van der Waals surface area contributed by atoms with Crippen LogP contribution in [-0.2, 0) is 0 Å². The second kappa shape index (κ2) is 4.93. The minimum absolute atomic E-state index is 0.399. The number of aromatic nitrogens is 3. The molecule has 100 valence electrons. The van der Waals surface area contributed by atoms with Gasteiger partial charge in [-0.25, -0.2) is 5.84 Å². The van der Waals surface area contributed by atoms with E-state index in [4.69, 9.17) is 5.84 Å². The van der Waals surface area contributed by atoms with Crippen molar-refractivity contribution in [3.63, 3.8) is 0 Å². The van der Waals surface area contributed by atoms with Crippen LogP contribution in [0.25, 0.3) is 0 Å². The molecule has 2 atom stereocenters. The van der Waals surface area contributed by atoms with Crippen LogP contribution in [0.1, 0.15) is 20.3 Å². The molecule has 2 rings (SSSR count). The van der Waals surface area contributed by atoms with E-state index in [1.54, 1.807) is 0 Å². The smallest absolute Gasteiger partial charge is 0.243 e. The van der Waals surface area contributed by atoms with Gasteiger partial charge in [-0.2, -0.15) is 15.0 Å². The molecule has 1 aliphatic rings. The van der Waals surface area contributed by atoms with E-state index < -0.39 is 0 Å². The molecule has 1 fully saturated rings. The molecule has 1 aromatic heterocycles. The van der Waals surface area contributed by atoms with Crippen molar-refractivity contribution < 1.29 is 0 Å². The van der Waals surface area contributed by atoms with Gasteiger partial charge in [-0.1, -0.05) is 6.92 Å². The van der Waals surface area contributed by atoms with Crippen molar-refractivity contribution >= 4 is 17.8 Å². The fourth-order valence-corrected chi connectivity index (χ4v) is 2.33. The standard InChI is InChI=1S/C11H21N7/c1-7-5-8(2)18(6-7)11-14-9(16-12)13-10(15-11)17(3)4/h7-8H,5-6,12H2,1-4H3,(H,13,14,15,16). The van der Waals surface area contributed by atoms with Gasteiger partial charge in [-0.15, -0.1) is 0 Å². The Balaban J connectivity index is 2.34. The Hall–Kier alpha value is -1.63. The van der Waals surface area contributed by atoms with E-state index in [1.807, 2.05) is 19.0 Å². The quantitative estimate of drug-likeness (QED) is 0.596. The van der Waals surface area contributed by atoms with Crippen LogP contribution in [0.5, 0.6) is 0 Å². The zero-order valence-electron chi connectivity index (χ0n) is 11.4. The van der Waals surface area contributed by atoms with Gasteiger partial charge in [0.1, 0.15) is 0 Å². The lowest BCUT2D eigenvalue weighted by Crippen LogP contribution is -2.30. The minimum atomic E-state index is 0.399. The summed E-state index contributed by atoms with van der Waals surface area (Å²) in [5.41, 5.74) is 2.50. The Labute approximate surface area is 107 Å². The first-order valence-corrected chi connectivity index (χ1v) is 6.18. The number of nitrogens with one attached hydrogen (secondary N) is 1. The molecule has 0 radical (unpaired) electrons. The summed E-state index contributed by atoms with van der Waals surface area (Å²) in [5, 5.41) is 0. The first kappa shape index (κ1) is 12.8. The van der Waals surface area contributed by atoms with Crippen LogP contribution in [0, 0.1) is 5.92 Å². The van der Waals surface area contributed by atoms with Crippen LogP contribution in [-0.4, -0.2) is 41.6 Å². The molecular formula is C11H21N7. The van der Waals surface area contributed by atoms with Gasteiger partial charge in [0.25, 0.3) is 0 Å². The Morgan fingerprint density at radius 2 is 2.00 bits per heavy atom. The molecule has 7 nitrogen and oxygen atoms in total. The number of nitrogen functional groups attached to an aromatic ring is 1. The predicted molar refractivity (Wildman–Crippen MR) is 72.6 cm³/mol. The molecule has 0 spiro atoms. The Bertz CT molecular complexity index is 420. The zero-order valence-corrected chi connectivity index (χ0v) is 11.4. The average molecular weight is 251 g/mol. The second-order valence-electron chi connectivity index (χ2n) is 5.14. The fraction of sp³-hybridized carbons (Fsp3) is 0.727. The number of nitrogens with two attached hydrogens (primary N) is 1. The summed E-state index contributed by atoms with van der Waals surface area (Å²) in [5.74, 6) is 7.77. The lowest BCUT2D eigenvalue weighted by atomic mass is 10.1. The third-order valence-electron chi connectivity index (χ3n) is 3.18. The van der Waals surface area contributed by atoms with E-state index in [0.29, 0.717) is 29.8 Å². The monoisotopic (exact) mass is 251 g/mol. The van der Waals surface area contributed by atoms with Crippen molar-refractivity contribution in [2.75, 3.05) is 35.9 Å². The molecule has 2 heterocycles. The number of hydrazine groups is 1. The first-order chi connectivity index (χ1) is 8.51. The normalized spacial score (nSPS) is 23.3. The lowest BCUT2D eigenvalue weighted by Gasteiger charge is -2.23. The van der Waals surface area contributed by atoms with Gasteiger partial charge < -0.3 is 9.80 Å². The molecule has 1 aromatic rings. The maximum atomic E-state index is 5.41. The van der Waals surface area contributed by atoms with Gasteiger partial charge in [0, 0.05) is 26.7 Å². The molecule has 0 aromatic carbocycles. The maximum absolute atomic E-state index is 5.41. The summed E-state index contributed by atoms with van der Waals surface area (Å²) in [6.45, 7) is 5.41. The largest absolute Gasteiger partial charge is 0.347 e. The first-order valence-electron chi connectivity index (χ1n) is 6.18. The van der Waals surface area contributed by atoms with E-state index in [9.17, 15) is 0 Å². The highest BCUT2D eigenvalue weighted by molar-refractivity contribution is 5.45. The van der Waals surface area contributed by atoms with Crippen LogP contribution in [0.3, 0.4) is 0 Å². The molecule has 0 bridgehead atoms. The van der Waals surface area contributed by atoms with Crippen LogP contribution in [0.2, 0.25) is 0 Å². The van der Waals surface area contributed by atoms with Crippen LogP contribution >= 0.6 is 0 Å². The summed E-state index contributed by atoms with van der Waals surface area (Å²) in [6.07, 6.45) is 1.16. The number of anilines is 3. The summed E-state index contributed by atoms with van der Waals surface area (Å²) in [6, 6.07) is 0.447. The molecule has 1 saturated heterocycles. The number of hydrogen-bond acceptors (Lipinski definition) is 7. The Morgan fingerprint density at radius 3 is 2.50 bits per heavy atom. The molecule has 7 heteroatoms. The van der Waals surface area contributed by atoms with Crippen LogP contribution < -0.4 is 21.1 Å². The van der Waals surface area contributed by atoms with Crippen molar-refractivity contribution in [2.45, 2.75) is 26.3 Å². The number of hydrogen-bond donors (Lipinski definition) is 2. The van der Waals surface area contributed by atoms with Gasteiger partial charge in [0.05, 0.1) is 0 Å².